The number of hydrazone groups is 1. The number of nitrogens with zero attached hydrogens (tertiary/aromatic N) is 2. The summed E-state index contributed by atoms with van der Waals surface area (Å²) < 4.78 is 13.3. The summed E-state index contributed by atoms with van der Waals surface area (Å²) in [5, 5.41) is 4.71. The third-order valence-electron chi connectivity index (χ3n) is 4.54. The van der Waals surface area contributed by atoms with Gasteiger partial charge < -0.3 is 0 Å². The molecule has 142 valence electrons. The summed E-state index contributed by atoms with van der Waals surface area (Å²) in [5.74, 6) is -0.715. The predicted molar refractivity (Wildman–Crippen MR) is 113 cm³/mol. The molecule has 0 radical (unpaired) electrons. The summed E-state index contributed by atoms with van der Waals surface area (Å²) in [6.07, 6.45) is 1.41. The molecule has 0 aliphatic carbocycles. The fraction of sp³-hybridized carbons (Fsp3) is 0.0417. The molecule has 29 heavy (non-hydrogen) atoms. The number of hydrogen-bond acceptors (Lipinski definition) is 3. The Morgan fingerprint density at radius 2 is 1.79 bits per heavy atom. The van der Waals surface area contributed by atoms with Crippen molar-refractivity contribution in [3.8, 4) is 11.3 Å². The zero-order valence-electron chi connectivity index (χ0n) is 15.8. The van der Waals surface area contributed by atoms with Gasteiger partial charge in [-0.3, -0.25) is 4.79 Å². The van der Waals surface area contributed by atoms with Crippen LogP contribution in [0.5, 0.6) is 0 Å². The number of fused-ring (bicyclic) bond motifs is 1. The molecule has 4 nitrogen and oxygen atoms in total. The smallest absolute Gasteiger partial charge is 0.267 e. The number of benzene rings is 3. The van der Waals surface area contributed by atoms with Gasteiger partial charge in [0.05, 0.1) is 23.0 Å². The Hall–Kier alpha value is -3.86. The Kier molecular flexibility index (Phi) is 5.12. The lowest BCUT2D eigenvalue weighted by Gasteiger charge is -2.09. The first kappa shape index (κ1) is 18.5. The summed E-state index contributed by atoms with van der Waals surface area (Å²) in [6.45, 7) is 2.02. The molecule has 3 aromatic carbocycles. The maximum Gasteiger partial charge on any atom is 0.272 e. The molecule has 0 unspecified atom stereocenters. The average molecular weight is 383 g/mol. The topological polar surface area (TPSA) is 54.4 Å². The molecule has 5 heteroatoms. The summed E-state index contributed by atoms with van der Waals surface area (Å²) in [6, 6.07) is 23.2. The van der Waals surface area contributed by atoms with E-state index in [0.29, 0.717) is 16.8 Å². The fourth-order valence-corrected chi connectivity index (χ4v) is 3.05. The van der Waals surface area contributed by atoms with Crippen molar-refractivity contribution in [2.75, 3.05) is 0 Å². The second-order valence-corrected chi connectivity index (χ2v) is 6.69. The van der Waals surface area contributed by atoms with Gasteiger partial charge in [-0.15, -0.1) is 0 Å². The van der Waals surface area contributed by atoms with Crippen LogP contribution in [-0.4, -0.2) is 17.1 Å². The number of aryl methyl sites for hydroxylation is 1. The van der Waals surface area contributed by atoms with Gasteiger partial charge in [0.15, 0.2) is 0 Å². The van der Waals surface area contributed by atoms with Gasteiger partial charge in [0.25, 0.3) is 5.91 Å². The second-order valence-electron chi connectivity index (χ2n) is 6.69. The maximum absolute atomic E-state index is 13.3. The Morgan fingerprint density at radius 3 is 2.59 bits per heavy atom. The lowest BCUT2D eigenvalue weighted by atomic mass is 10.0. The standard InChI is InChI=1S/C24H18FN3O/c1-16-9-11-18(12-10-16)23-14-21(20-7-2-3-8-22(20)27-23)24(29)28-26-15-17-5-4-6-19(25)13-17/h2-15H,1H3,(H,28,29)/b26-15-. The van der Waals surface area contributed by atoms with E-state index < -0.39 is 0 Å². The minimum Gasteiger partial charge on any atom is -0.267 e. The third kappa shape index (κ3) is 4.19. The van der Waals surface area contributed by atoms with E-state index in [9.17, 15) is 9.18 Å². The number of nitrogens with one attached hydrogen (secondary N) is 1. The van der Waals surface area contributed by atoms with E-state index >= 15 is 0 Å². The van der Waals surface area contributed by atoms with Crippen LogP contribution < -0.4 is 5.43 Å². The van der Waals surface area contributed by atoms with Gasteiger partial charge in [-0.05, 0) is 36.8 Å². The van der Waals surface area contributed by atoms with Crippen LogP contribution >= 0.6 is 0 Å². The molecule has 4 rings (SSSR count). The van der Waals surface area contributed by atoms with Crippen LogP contribution in [0.25, 0.3) is 22.2 Å². The Morgan fingerprint density at radius 1 is 1.00 bits per heavy atom. The number of aromatic nitrogens is 1. The lowest BCUT2D eigenvalue weighted by Crippen LogP contribution is -2.18. The van der Waals surface area contributed by atoms with E-state index in [-0.39, 0.29) is 11.7 Å². The first-order valence-corrected chi connectivity index (χ1v) is 9.16. The minimum atomic E-state index is -0.358. The van der Waals surface area contributed by atoms with Crippen molar-refractivity contribution in [3.63, 3.8) is 0 Å². The van der Waals surface area contributed by atoms with E-state index in [1.54, 1.807) is 18.2 Å². The third-order valence-corrected chi connectivity index (χ3v) is 4.54. The number of carbonyl (C=O) groups is 1. The first-order valence-electron chi connectivity index (χ1n) is 9.16. The van der Waals surface area contributed by atoms with E-state index in [4.69, 9.17) is 4.98 Å². The van der Waals surface area contributed by atoms with Crippen molar-refractivity contribution in [1.82, 2.24) is 10.4 Å². The van der Waals surface area contributed by atoms with E-state index in [2.05, 4.69) is 10.5 Å². The maximum atomic E-state index is 13.3. The molecule has 0 saturated heterocycles. The summed E-state index contributed by atoms with van der Waals surface area (Å²) in [5.41, 5.74) is 7.08. The van der Waals surface area contributed by atoms with Crippen molar-refractivity contribution in [1.29, 1.82) is 0 Å². The van der Waals surface area contributed by atoms with Gasteiger partial charge in [-0.1, -0.05) is 60.2 Å². The molecule has 0 aliphatic heterocycles. The quantitative estimate of drug-likeness (QED) is 0.393. The van der Waals surface area contributed by atoms with Gasteiger partial charge in [0.1, 0.15) is 5.82 Å². The Bertz CT molecular complexity index is 1220. The molecule has 1 heterocycles. The number of halogens is 1. The molecule has 0 spiro atoms. The van der Waals surface area contributed by atoms with Crippen LogP contribution in [0.3, 0.4) is 0 Å². The molecule has 1 aromatic heterocycles. The molecule has 4 aromatic rings. The van der Waals surface area contributed by atoms with E-state index in [0.717, 1.165) is 22.0 Å². The number of hydrogen-bond donors (Lipinski definition) is 1. The van der Waals surface area contributed by atoms with Crippen LogP contribution in [0, 0.1) is 12.7 Å². The first-order chi connectivity index (χ1) is 14.1. The van der Waals surface area contributed by atoms with Crippen molar-refractivity contribution < 1.29 is 9.18 Å². The van der Waals surface area contributed by atoms with Crippen LogP contribution in [-0.2, 0) is 0 Å². The molecule has 0 fully saturated rings. The molecular formula is C24H18FN3O. The zero-order valence-corrected chi connectivity index (χ0v) is 15.8. The largest absolute Gasteiger partial charge is 0.272 e. The summed E-state index contributed by atoms with van der Waals surface area (Å²) in [7, 11) is 0. The number of rotatable bonds is 4. The van der Waals surface area contributed by atoms with Crippen molar-refractivity contribution in [2.24, 2.45) is 5.10 Å². The predicted octanol–water partition coefficient (Wildman–Crippen LogP) is 5.11. The Labute approximate surface area is 167 Å². The van der Waals surface area contributed by atoms with Crippen molar-refractivity contribution in [2.45, 2.75) is 6.92 Å². The number of pyridine rings is 1. The highest BCUT2D eigenvalue weighted by Gasteiger charge is 2.13. The highest BCUT2D eigenvalue weighted by atomic mass is 19.1. The number of para-hydroxylation sites is 1. The zero-order chi connectivity index (χ0) is 20.2. The van der Waals surface area contributed by atoms with E-state index in [1.807, 2.05) is 55.5 Å². The van der Waals surface area contributed by atoms with Gasteiger partial charge in [0, 0.05) is 10.9 Å². The number of amides is 1. The van der Waals surface area contributed by atoms with Gasteiger partial charge >= 0.3 is 0 Å². The molecule has 1 N–H and O–H groups in total. The summed E-state index contributed by atoms with van der Waals surface area (Å²) >= 11 is 0. The normalized spacial score (nSPS) is 11.1. The van der Waals surface area contributed by atoms with Gasteiger partial charge in [0.2, 0.25) is 0 Å². The Balaban J connectivity index is 1.68. The highest BCUT2D eigenvalue weighted by molar-refractivity contribution is 6.07. The highest BCUT2D eigenvalue weighted by Crippen LogP contribution is 2.25. The van der Waals surface area contributed by atoms with Crippen LogP contribution in [0.2, 0.25) is 0 Å². The summed E-state index contributed by atoms with van der Waals surface area (Å²) in [4.78, 5) is 17.5. The monoisotopic (exact) mass is 383 g/mol. The molecule has 0 aliphatic rings. The van der Waals surface area contributed by atoms with Gasteiger partial charge in [-0.25, -0.2) is 14.8 Å². The van der Waals surface area contributed by atoms with E-state index in [1.165, 1.54) is 18.3 Å². The average Bonchev–Trinajstić information content (AvgIpc) is 2.73. The van der Waals surface area contributed by atoms with Crippen molar-refractivity contribution in [3.05, 3.63) is 101 Å². The van der Waals surface area contributed by atoms with Gasteiger partial charge in [-0.2, -0.15) is 5.10 Å². The fourth-order valence-electron chi connectivity index (χ4n) is 3.05. The van der Waals surface area contributed by atoms with Crippen LogP contribution in [0.15, 0.2) is 84.0 Å². The molecule has 1 amide bonds. The number of carbonyl (C=O) groups excluding carboxylic acids is 1. The molecule has 0 bridgehead atoms. The SMILES string of the molecule is Cc1ccc(-c2cc(C(=O)N/N=C\c3cccc(F)c3)c3ccccc3n2)cc1. The second kappa shape index (κ2) is 8.02. The molecular weight excluding hydrogens is 365 g/mol. The minimum absolute atomic E-state index is 0.357. The van der Waals surface area contributed by atoms with Crippen LogP contribution in [0.4, 0.5) is 4.39 Å². The molecule has 0 saturated carbocycles. The van der Waals surface area contributed by atoms with Crippen molar-refractivity contribution >= 4 is 23.0 Å². The van der Waals surface area contributed by atoms with Crippen LogP contribution in [0.1, 0.15) is 21.5 Å². The lowest BCUT2D eigenvalue weighted by molar-refractivity contribution is 0.0956. The molecule has 0 atom stereocenters.